The van der Waals surface area contributed by atoms with Crippen molar-refractivity contribution in [1.82, 2.24) is 0 Å². The summed E-state index contributed by atoms with van der Waals surface area (Å²) in [6.07, 6.45) is 2.24. The van der Waals surface area contributed by atoms with Crippen LogP contribution in [-0.4, -0.2) is 35.8 Å². The highest BCUT2D eigenvalue weighted by Crippen LogP contribution is 2.28. The first-order chi connectivity index (χ1) is 17.5. The molecule has 0 aliphatic rings. The maximum absolute atomic E-state index is 12.5. The maximum atomic E-state index is 12.5. The van der Waals surface area contributed by atoms with Crippen LogP contribution in [0, 0.1) is 0 Å². The molecule has 3 aromatic carbocycles. The summed E-state index contributed by atoms with van der Waals surface area (Å²) in [5.74, 6) is -0.655. The summed E-state index contributed by atoms with van der Waals surface area (Å²) in [4.78, 5) is 32.0. The van der Waals surface area contributed by atoms with Crippen molar-refractivity contribution >= 4 is 29.2 Å². The molecule has 7 heteroatoms. The largest absolute Gasteiger partial charge is 0.459 e. The Morgan fingerprint density at radius 2 is 1.50 bits per heavy atom. The van der Waals surface area contributed by atoms with Crippen molar-refractivity contribution in [1.29, 1.82) is 0 Å². The summed E-state index contributed by atoms with van der Waals surface area (Å²) >= 11 is 1.52. The van der Waals surface area contributed by atoms with E-state index in [1.807, 2.05) is 42.5 Å². The molecule has 0 saturated heterocycles. The number of ether oxygens (including phenoxy) is 1. The number of esters is 1. The average Bonchev–Trinajstić information content (AvgIpc) is 2.92. The van der Waals surface area contributed by atoms with Crippen molar-refractivity contribution in [2.24, 2.45) is 5.16 Å². The van der Waals surface area contributed by atoms with E-state index in [1.54, 1.807) is 43.3 Å². The molecule has 3 rings (SSSR count). The molecule has 0 aliphatic heterocycles. The predicted molar refractivity (Wildman–Crippen MR) is 142 cm³/mol. The third-order valence-corrected chi connectivity index (χ3v) is 6.38. The Morgan fingerprint density at radius 1 is 0.889 bits per heavy atom. The Hall–Kier alpha value is -3.42. The van der Waals surface area contributed by atoms with Gasteiger partial charge in [0, 0.05) is 15.4 Å². The quantitative estimate of drug-likeness (QED) is 0.0939. The van der Waals surface area contributed by atoms with Crippen molar-refractivity contribution in [3.05, 3.63) is 95.6 Å². The molecule has 36 heavy (non-hydrogen) atoms. The molecule has 1 N–H and O–H groups in total. The van der Waals surface area contributed by atoms with Crippen molar-refractivity contribution in [3.63, 3.8) is 0 Å². The lowest BCUT2D eigenvalue weighted by molar-refractivity contribution is 0.0254. The number of carbonyl (C=O) groups excluding carboxylic acids is 2. The van der Waals surface area contributed by atoms with Gasteiger partial charge in [-0.05, 0) is 67.4 Å². The van der Waals surface area contributed by atoms with Crippen LogP contribution in [0.2, 0.25) is 0 Å². The molecular formula is C29H31NO5S. The molecule has 0 bridgehead atoms. The number of unbranched alkanes of at least 4 members (excludes halogenated alkanes) is 2. The van der Waals surface area contributed by atoms with E-state index in [1.165, 1.54) is 11.8 Å². The van der Waals surface area contributed by atoms with E-state index >= 15 is 0 Å². The number of aliphatic hydroxyl groups is 1. The van der Waals surface area contributed by atoms with Crippen molar-refractivity contribution in [2.45, 2.75) is 49.0 Å². The predicted octanol–water partition coefficient (Wildman–Crippen LogP) is 6.49. The summed E-state index contributed by atoms with van der Waals surface area (Å²) in [6, 6.07) is 23.4. The van der Waals surface area contributed by atoms with Gasteiger partial charge in [0.25, 0.3) is 0 Å². The summed E-state index contributed by atoms with van der Waals surface area (Å²) < 4.78 is 5.25. The van der Waals surface area contributed by atoms with E-state index in [0.717, 1.165) is 29.1 Å². The van der Waals surface area contributed by atoms with Gasteiger partial charge in [0.1, 0.15) is 25.0 Å². The van der Waals surface area contributed by atoms with E-state index < -0.39 is 12.1 Å². The molecule has 0 fully saturated rings. The van der Waals surface area contributed by atoms with Crippen LogP contribution in [0.4, 0.5) is 0 Å². The first-order valence-corrected chi connectivity index (χ1v) is 12.8. The molecule has 0 aliphatic carbocycles. The average molecular weight is 506 g/mol. The lowest BCUT2D eigenvalue weighted by Gasteiger charge is -2.11. The van der Waals surface area contributed by atoms with E-state index in [9.17, 15) is 14.7 Å². The first kappa shape index (κ1) is 27.2. The standard InChI is InChI=1S/C29H31NO5S/c1-3-4-8-19-35-30-21(2)28(32)23-11-15-25(16-12-23)36-26-17-13-24(14-18-26)29(33)34-20-27(31)22-9-6-5-7-10-22/h5-7,9-18,27,31H,3-4,8,19-20H2,1-2H3/b30-21+. The SMILES string of the molecule is CCCCCO/N=C(\C)C(=O)c1ccc(Sc2ccc(C(=O)OCC(O)c3ccccc3)cc2)cc1. The zero-order chi connectivity index (χ0) is 25.8. The van der Waals surface area contributed by atoms with Gasteiger partial charge in [-0.2, -0.15) is 0 Å². The summed E-state index contributed by atoms with van der Waals surface area (Å²) in [6.45, 7) is 4.17. The normalized spacial score (nSPS) is 12.1. The number of benzene rings is 3. The second-order valence-corrected chi connectivity index (χ2v) is 9.37. The second-order valence-electron chi connectivity index (χ2n) is 8.22. The number of rotatable bonds is 13. The Labute approximate surface area is 216 Å². The van der Waals surface area contributed by atoms with Gasteiger partial charge in [0.2, 0.25) is 5.78 Å². The van der Waals surface area contributed by atoms with E-state index in [-0.39, 0.29) is 12.4 Å². The molecule has 0 spiro atoms. The molecule has 0 saturated carbocycles. The molecule has 0 aromatic heterocycles. The number of oxime groups is 1. The number of carbonyl (C=O) groups is 2. The maximum Gasteiger partial charge on any atom is 0.338 e. The number of aliphatic hydroxyl groups excluding tert-OH is 1. The Bertz CT molecular complexity index is 1140. The van der Waals surface area contributed by atoms with Gasteiger partial charge < -0.3 is 14.7 Å². The van der Waals surface area contributed by atoms with Crippen molar-refractivity contribution < 1.29 is 24.3 Å². The van der Waals surface area contributed by atoms with Gasteiger partial charge in [-0.15, -0.1) is 0 Å². The van der Waals surface area contributed by atoms with Crippen LogP contribution in [0.15, 0.2) is 93.8 Å². The summed E-state index contributed by atoms with van der Waals surface area (Å²) in [5.41, 5.74) is 1.98. The fraction of sp³-hybridized carbons (Fsp3) is 0.276. The minimum absolute atomic E-state index is 0.112. The number of Topliss-reactive ketones (excluding diaryl/α,β-unsaturated/α-hetero) is 1. The second kappa shape index (κ2) is 14.2. The number of ketones is 1. The van der Waals surface area contributed by atoms with Crippen LogP contribution in [0.3, 0.4) is 0 Å². The highest BCUT2D eigenvalue weighted by molar-refractivity contribution is 7.99. The monoisotopic (exact) mass is 505 g/mol. The van der Waals surface area contributed by atoms with Crippen LogP contribution in [0.1, 0.15) is 65.5 Å². The molecule has 0 amide bonds. The van der Waals surface area contributed by atoms with E-state index in [0.29, 0.717) is 29.0 Å². The minimum Gasteiger partial charge on any atom is -0.459 e. The van der Waals surface area contributed by atoms with Gasteiger partial charge in [-0.3, -0.25) is 4.79 Å². The first-order valence-electron chi connectivity index (χ1n) is 12.0. The highest BCUT2D eigenvalue weighted by atomic mass is 32.2. The number of hydrogen-bond donors (Lipinski definition) is 1. The van der Waals surface area contributed by atoms with Crippen molar-refractivity contribution in [3.8, 4) is 0 Å². The van der Waals surface area contributed by atoms with Gasteiger partial charge in [0.15, 0.2) is 0 Å². The smallest absolute Gasteiger partial charge is 0.338 e. The topological polar surface area (TPSA) is 85.2 Å². The third kappa shape index (κ3) is 8.36. The zero-order valence-corrected chi connectivity index (χ0v) is 21.4. The van der Waals surface area contributed by atoms with E-state index in [2.05, 4.69) is 12.1 Å². The van der Waals surface area contributed by atoms with Gasteiger partial charge in [-0.25, -0.2) is 4.79 Å². The fourth-order valence-corrected chi connectivity index (χ4v) is 4.10. The van der Waals surface area contributed by atoms with E-state index in [4.69, 9.17) is 9.57 Å². The minimum atomic E-state index is -0.867. The fourth-order valence-electron chi connectivity index (χ4n) is 3.29. The highest BCUT2D eigenvalue weighted by Gasteiger charge is 2.13. The van der Waals surface area contributed by atoms with Gasteiger partial charge in [-0.1, -0.05) is 67.0 Å². The molecule has 0 heterocycles. The molecular weight excluding hydrogens is 474 g/mol. The van der Waals surface area contributed by atoms with Crippen LogP contribution < -0.4 is 0 Å². The molecule has 6 nitrogen and oxygen atoms in total. The third-order valence-electron chi connectivity index (χ3n) is 5.37. The molecule has 0 radical (unpaired) electrons. The molecule has 1 atom stereocenters. The summed E-state index contributed by atoms with van der Waals surface area (Å²) in [7, 11) is 0. The lowest BCUT2D eigenvalue weighted by atomic mass is 10.1. The van der Waals surface area contributed by atoms with Gasteiger partial charge in [0.05, 0.1) is 5.56 Å². The van der Waals surface area contributed by atoms with Crippen LogP contribution in [-0.2, 0) is 9.57 Å². The number of nitrogens with zero attached hydrogens (tertiary/aromatic N) is 1. The Kier molecular flexibility index (Phi) is 10.7. The van der Waals surface area contributed by atoms with Crippen LogP contribution in [0.5, 0.6) is 0 Å². The Balaban J connectivity index is 1.50. The molecule has 3 aromatic rings. The summed E-state index contributed by atoms with van der Waals surface area (Å²) in [5, 5.41) is 14.1. The lowest BCUT2D eigenvalue weighted by Crippen LogP contribution is -2.12. The van der Waals surface area contributed by atoms with Crippen LogP contribution in [0.25, 0.3) is 0 Å². The van der Waals surface area contributed by atoms with Crippen LogP contribution >= 0.6 is 11.8 Å². The molecule has 188 valence electrons. The number of hydrogen-bond acceptors (Lipinski definition) is 7. The van der Waals surface area contributed by atoms with Crippen molar-refractivity contribution in [2.75, 3.05) is 13.2 Å². The Morgan fingerprint density at radius 3 is 2.11 bits per heavy atom. The zero-order valence-electron chi connectivity index (χ0n) is 20.6. The van der Waals surface area contributed by atoms with Gasteiger partial charge >= 0.3 is 5.97 Å². The molecule has 1 unspecified atom stereocenters.